The fourth-order valence-corrected chi connectivity index (χ4v) is 9.53. The molecule has 0 bridgehead atoms. The maximum Gasteiger partial charge on any atom is 0.258 e. The highest BCUT2D eigenvalue weighted by Crippen LogP contribution is 2.67. The van der Waals surface area contributed by atoms with Crippen LogP contribution in [0.2, 0.25) is 0 Å². The molecule has 0 spiro atoms. The number of aromatic hydroxyl groups is 1. The molecule has 2 aliphatic heterocycles. The number of allylic oxidation sites excluding steroid dienone is 2. The molecule has 55 heavy (non-hydrogen) atoms. The lowest BCUT2D eigenvalue weighted by atomic mass is 9.56. The van der Waals surface area contributed by atoms with Gasteiger partial charge in [-0.15, -0.1) is 23.2 Å². The molecule has 15 heteroatoms. The molecule has 2 aliphatic carbocycles. The summed E-state index contributed by atoms with van der Waals surface area (Å²) >= 11 is 14.3. The molecule has 2 heterocycles. The van der Waals surface area contributed by atoms with Crippen LogP contribution in [-0.4, -0.2) is 44.3 Å². The van der Waals surface area contributed by atoms with E-state index in [2.05, 4.69) is 0 Å². The van der Waals surface area contributed by atoms with Gasteiger partial charge in [-0.1, -0.05) is 60.2 Å². The first kappa shape index (κ1) is 36.6. The second kappa shape index (κ2) is 12.6. The molecule has 4 aliphatic rings. The Morgan fingerprint density at radius 1 is 0.727 bits per heavy atom. The van der Waals surface area contributed by atoms with Gasteiger partial charge in [0.25, 0.3) is 11.8 Å². The molecule has 4 aromatic carbocycles. The molecule has 4 aromatic rings. The maximum absolute atomic E-state index is 15.3. The highest BCUT2D eigenvalue weighted by atomic mass is 35.5. The third kappa shape index (κ3) is 4.84. The van der Waals surface area contributed by atoms with E-state index in [1.54, 1.807) is 30.3 Å². The number of hydrogen-bond donors (Lipinski definition) is 1. The lowest BCUT2D eigenvalue weighted by Gasteiger charge is -2.50. The Hall–Kier alpha value is -5.40. The van der Waals surface area contributed by atoms with Crippen molar-refractivity contribution >= 4 is 64.0 Å². The number of phenolic OH excluding ortho intramolecular Hbond substituents is 1. The standard InChI is InChI=1S/C40H25Cl2F5N2O6/c1-17-6-5-9-23(33(17)50)26-21-14-15-22-25(36(53)48(35(22)52)20-12-10-19(11-13-20)34(51)18-7-3-2-4-8-18)24(21)16-39(41)37(54)49(38(55)40(26,39)42)32-30(46)28(44)27(43)29(45)31(32)47/h2-14,22,24-26,50H,15-16H2,1H3. The third-order valence-corrected chi connectivity index (χ3v) is 12.6. The molecule has 4 amide bonds. The number of aryl methyl sites for hydroxylation is 1. The predicted octanol–water partition coefficient (Wildman–Crippen LogP) is 7.40. The summed E-state index contributed by atoms with van der Waals surface area (Å²) in [5.41, 5.74) is -0.665. The van der Waals surface area contributed by atoms with Gasteiger partial charge in [-0.3, -0.25) is 28.9 Å². The van der Waals surface area contributed by atoms with Gasteiger partial charge >= 0.3 is 0 Å². The van der Waals surface area contributed by atoms with Gasteiger partial charge in [-0.25, -0.2) is 26.9 Å². The van der Waals surface area contributed by atoms with Crippen molar-refractivity contribution in [2.75, 3.05) is 9.80 Å². The number of para-hydroxylation sites is 1. The average Bonchev–Trinajstić information content (AvgIpc) is 3.52. The minimum absolute atomic E-state index is 0.0814. The van der Waals surface area contributed by atoms with E-state index in [0.29, 0.717) is 5.56 Å². The van der Waals surface area contributed by atoms with Gasteiger partial charge in [0.05, 0.1) is 17.5 Å². The zero-order chi connectivity index (χ0) is 39.5. The monoisotopic (exact) mass is 794 g/mol. The van der Waals surface area contributed by atoms with E-state index in [-0.39, 0.29) is 45.1 Å². The summed E-state index contributed by atoms with van der Waals surface area (Å²) < 4.78 is 73.6. The Morgan fingerprint density at radius 2 is 1.33 bits per heavy atom. The third-order valence-electron chi connectivity index (χ3n) is 11.2. The number of alkyl halides is 2. The molecule has 0 aromatic heterocycles. The van der Waals surface area contributed by atoms with E-state index >= 15 is 8.78 Å². The van der Waals surface area contributed by atoms with Crippen molar-refractivity contribution in [3.8, 4) is 5.75 Å². The first-order chi connectivity index (χ1) is 26.1. The predicted molar refractivity (Wildman–Crippen MR) is 188 cm³/mol. The van der Waals surface area contributed by atoms with E-state index in [1.807, 2.05) is 0 Å². The zero-order valence-corrected chi connectivity index (χ0v) is 29.8. The molecule has 6 unspecified atom stereocenters. The average molecular weight is 796 g/mol. The van der Waals surface area contributed by atoms with Crippen molar-refractivity contribution in [2.45, 2.75) is 35.4 Å². The van der Waals surface area contributed by atoms with Gasteiger partial charge < -0.3 is 5.11 Å². The molecule has 1 N–H and O–H groups in total. The summed E-state index contributed by atoms with van der Waals surface area (Å²) in [6, 6.07) is 18.6. The van der Waals surface area contributed by atoms with Crippen molar-refractivity contribution < 1.29 is 51.0 Å². The normalized spacial score (nSPS) is 27.2. The number of nitrogens with zero attached hydrogens (tertiary/aromatic N) is 2. The Labute approximate surface area is 318 Å². The molecule has 3 fully saturated rings. The van der Waals surface area contributed by atoms with Gasteiger partial charge in [-0.2, -0.15) is 0 Å². The topological polar surface area (TPSA) is 112 Å². The van der Waals surface area contributed by atoms with Gasteiger partial charge in [0.1, 0.15) is 11.4 Å². The van der Waals surface area contributed by atoms with E-state index in [1.165, 1.54) is 55.5 Å². The van der Waals surface area contributed by atoms with Gasteiger partial charge in [0, 0.05) is 22.6 Å². The van der Waals surface area contributed by atoms with Crippen LogP contribution in [0.15, 0.2) is 84.4 Å². The van der Waals surface area contributed by atoms with E-state index < -0.39 is 104 Å². The summed E-state index contributed by atoms with van der Waals surface area (Å²) in [6.45, 7) is 1.51. The summed E-state index contributed by atoms with van der Waals surface area (Å²) in [5, 5.41) is 11.3. The SMILES string of the molecule is Cc1cccc(C2C3=CCC4C(=O)N(c5ccc(C(=O)c6ccccc6)cc5)C(=O)C4C3CC3(Cl)C(=O)N(c4c(F)c(F)c(F)c(F)c4F)C(=O)C23Cl)c1O. The number of halogens is 7. The number of amides is 4. The summed E-state index contributed by atoms with van der Waals surface area (Å²) in [4.78, 5) is 65.4. The second-order valence-electron chi connectivity index (χ2n) is 14.0. The smallest absolute Gasteiger partial charge is 0.258 e. The minimum atomic E-state index is -2.77. The fourth-order valence-electron chi connectivity index (χ4n) is 8.60. The first-order valence-corrected chi connectivity index (χ1v) is 17.7. The van der Waals surface area contributed by atoms with Gasteiger partial charge in [0.2, 0.25) is 17.6 Å². The highest BCUT2D eigenvalue weighted by molar-refractivity contribution is 6.58. The first-order valence-electron chi connectivity index (χ1n) is 16.9. The van der Waals surface area contributed by atoms with Gasteiger partial charge in [-0.05, 0) is 55.5 Å². The number of carbonyl (C=O) groups is 5. The van der Waals surface area contributed by atoms with Crippen molar-refractivity contribution in [2.24, 2.45) is 17.8 Å². The van der Waals surface area contributed by atoms with Crippen LogP contribution in [0.3, 0.4) is 0 Å². The Kier molecular flexibility index (Phi) is 8.36. The van der Waals surface area contributed by atoms with Crippen LogP contribution in [0, 0.1) is 53.8 Å². The largest absolute Gasteiger partial charge is 0.507 e. The Balaban J connectivity index is 1.24. The van der Waals surface area contributed by atoms with Crippen LogP contribution >= 0.6 is 23.2 Å². The highest BCUT2D eigenvalue weighted by Gasteiger charge is 2.77. The zero-order valence-electron chi connectivity index (χ0n) is 28.3. The van der Waals surface area contributed by atoms with Crippen molar-refractivity contribution in [1.29, 1.82) is 0 Å². The van der Waals surface area contributed by atoms with E-state index in [9.17, 15) is 42.3 Å². The lowest BCUT2D eigenvalue weighted by Crippen LogP contribution is -2.60. The molecular formula is C40H25Cl2F5N2O6. The van der Waals surface area contributed by atoms with Crippen molar-refractivity contribution in [1.82, 2.24) is 0 Å². The molecule has 6 atom stereocenters. The number of imide groups is 2. The van der Waals surface area contributed by atoms with Crippen LogP contribution in [-0.2, 0) is 19.2 Å². The molecule has 2 saturated heterocycles. The molecule has 1 saturated carbocycles. The number of fused-ring (bicyclic) bond motifs is 4. The maximum atomic E-state index is 15.3. The summed E-state index contributed by atoms with van der Waals surface area (Å²) in [7, 11) is 0. The van der Waals surface area contributed by atoms with Crippen LogP contribution in [0.4, 0.5) is 33.3 Å². The number of hydrogen-bond acceptors (Lipinski definition) is 6. The lowest BCUT2D eigenvalue weighted by molar-refractivity contribution is -0.125. The van der Waals surface area contributed by atoms with Crippen LogP contribution in [0.5, 0.6) is 5.75 Å². The number of phenols is 1. The van der Waals surface area contributed by atoms with Crippen LogP contribution < -0.4 is 9.80 Å². The molecule has 0 radical (unpaired) electrons. The summed E-state index contributed by atoms with van der Waals surface area (Å²) in [5.74, 6) is -22.8. The van der Waals surface area contributed by atoms with Crippen LogP contribution in [0.1, 0.15) is 45.8 Å². The number of carbonyl (C=O) groups excluding carboxylic acids is 5. The van der Waals surface area contributed by atoms with Crippen LogP contribution in [0.25, 0.3) is 0 Å². The number of benzene rings is 4. The summed E-state index contributed by atoms with van der Waals surface area (Å²) in [6.07, 6.45) is 0.757. The Morgan fingerprint density at radius 3 is 1.96 bits per heavy atom. The number of anilines is 2. The Bertz CT molecular complexity index is 2420. The number of ketones is 1. The quantitative estimate of drug-likeness (QED) is 0.0429. The van der Waals surface area contributed by atoms with Gasteiger partial charge in [0.15, 0.2) is 38.8 Å². The molecule has 8 nitrogen and oxygen atoms in total. The van der Waals surface area contributed by atoms with Crippen molar-refractivity contribution in [3.05, 3.63) is 136 Å². The van der Waals surface area contributed by atoms with E-state index in [4.69, 9.17) is 23.2 Å². The fraction of sp³-hybridized carbons (Fsp3) is 0.225. The van der Waals surface area contributed by atoms with Crippen molar-refractivity contribution in [3.63, 3.8) is 0 Å². The van der Waals surface area contributed by atoms with E-state index in [0.717, 1.165) is 4.90 Å². The second-order valence-corrected chi connectivity index (χ2v) is 15.2. The number of rotatable bonds is 5. The minimum Gasteiger partial charge on any atom is -0.507 e. The molecule has 8 rings (SSSR count). The molecular weight excluding hydrogens is 770 g/mol. The molecule has 280 valence electrons.